The lowest BCUT2D eigenvalue weighted by Gasteiger charge is -2.06. The Hall–Kier alpha value is -4.01. The molecule has 4 rings (SSSR count). The van der Waals surface area contributed by atoms with E-state index in [0.29, 0.717) is 38.7 Å². The van der Waals surface area contributed by atoms with E-state index in [2.05, 4.69) is 10.1 Å². The third-order valence-electron chi connectivity index (χ3n) is 5.14. The molecule has 178 valence electrons. The van der Waals surface area contributed by atoms with Crippen molar-refractivity contribution in [1.29, 1.82) is 0 Å². The number of aliphatic carboxylic acids is 1. The second kappa shape index (κ2) is 10.7. The van der Waals surface area contributed by atoms with Gasteiger partial charge in [0.05, 0.1) is 25.5 Å². The summed E-state index contributed by atoms with van der Waals surface area (Å²) in [4.78, 5) is 15.5. The first-order chi connectivity index (χ1) is 16.6. The second-order valence-electron chi connectivity index (χ2n) is 7.67. The van der Waals surface area contributed by atoms with Crippen LogP contribution in [0.2, 0.25) is 0 Å². The summed E-state index contributed by atoms with van der Waals surface area (Å²) in [7, 11) is 0. The van der Waals surface area contributed by atoms with Crippen LogP contribution in [0.5, 0.6) is 17.5 Å². The van der Waals surface area contributed by atoms with Crippen molar-refractivity contribution in [3.63, 3.8) is 0 Å². The van der Waals surface area contributed by atoms with Crippen LogP contribution in [0.15, 0.2) is 54.9 Å². The summed E-state index contributed by atoms with van der Waals surface area (Å²) in [5, 5.41) is 13.4. The van der Waals surface area contributed by atoms with Gasteiger partial charge in [0, 0.05) is 24.4 Å². The van der Waals surface area contributed by atoms with E-state index in [1.54, 1.807) is 4.68 Å². The van der Waals surface area contributed by atoms with E-state index in [4.69, 9.17) is 19.3 Å². The molecule has 0 aliphatic rings. The maximum absolute atomic E-state index is 10.9. The number of rotatable bonds is 12. The van der Waals surface area contributed by atoms with E-state index >= 15 is 0 Å². The van der Waals surface area contributed by atoms with E-state index in [-0.39, 0.29) is 6.42 Å². The van der Waals surface area contributed by atoms with Crippen molar-refractivity contribution < 1.29 is 24.1 Å². The highest BCUT2D eigenvalue weighted by Gasteiger charge is 2.12. The van der Waals surface area contributed by atoms with Crippen molar-refractivity contribution in [2.45, 2.75) is 39.8 Å². The molecule has 1 aromatic carbocycles. The Bertz CT molecular complexity index is 1250. The number of ether oxygens (including phenoxy) is 3. The smallest absolute Gasteiger partial charge is 0.303 e. The fourth-order valence-electron chi connectivity index (χ4n) is 3.60. The zero-order valence-corrected chi connectivity index (χ0v) is 19.3. The maximum atomic E-state index is 10.9. The molecule has 0 saturated heterocycles. The number of nitrogens with zero attached hydrogens (tertiary/aromatic N) is 4. The predicted octanol–water partition coefficient (Wildman–Crippen LogP) is 3.97. The van der Waals surface area contributed by atoms with Gasteiger partial charge in [-0.15, -0.1) is 5.10 Å². The van der Waals surface area contributed by atoms with Gasteiger partial charge in [-0.05, 0) is 50.1 Å². The standard InChI is InChI=1S/C25H28N4O5/c1-3-32-23-7-5-6-22-26-20(16-29(22)23)17-34-21-11-8-18(9-12-21)14-28-15-19(10-13-24(30)31)25(27-28)33-4-2/h5-9,11-12,15-16H,3-4,10,13-14,17H2,1-2H3,(H,30,31). The number of aromatic nitrogens is 4. The van der Waals surface area contributed by atoms with E-state index in [1.165, 1.54) is 0 Å². The van der Waals surface area contributed by atoms with E-state index in [1.807, 2.05) is 73.1 Å². The number of pyridine rings is 1. The lowest BCUT2D eigenvalue weighted by atomic mass is 10.2. The number of aryl methyl sites for hydroxylation is 1. The fourth-order valence-corrected chi connectivity index (χ4v) is 3.60. The molecule has 0 aliphatic heterocycles. The highest BCUT2D eigenvalue weighted by Crippen LogP contribution is 2.21. The molecule has 0 bridgehead atoms. The molecule has 0 atom stereocenters. The third kappa shape index (κ3) is 5.67. The quantitative estimate of drug-likeness (QED) is 0.339. The molecule has 9 nitrogen and oxygen atoms in total. The third-order valence-corrected chi connectivity index (χ3v) is 5.14. The van der Waals surface area contributed by atoms with E-state index in [9.17, 15) is 4.79 Å². The summed E-state index contributed by atoms with van der Waals surface area (Å²) in [6.45, 7) is 5.78. The minimum Gasteiger partial charge on any atom is -0.487 e. The van der Waals surface area contributed by atoms with Crippen LogP contribution >= 0.6 is 0 Å². The molecular weight excluding hydrogens is 436 g/mol. The molecule has 0 radical (unpaired) electrons. The lowest BCUT2D eigenvalue weighted by Crippen LogP contribution is -2.01. The van der Waals surface area contributed by atoms with Crippen LogP contribution in [0.4, 0.5) is 0 Å². The number of hydrogen-bond acceptors (Lipinski definition) is 6. The molecule has 0 amide bonds. The molecule has 4 aromatic rings. The summed E-state index contributed by atoms with van der Waals surface area (Å²) < 4.78 is 20.8. The first kappa shape index (κ1) is 23.2. The predicted molar refractivity (Wildman–Crippen MR) is 126 cm³/mol. The summed E-state index contributed by atoms with van der Waals surface area (Å²) in [5.74, 6) is 1.14. The summed E-state index contributed by atoms with van der Waals surface area (Å²) in [5.41, 5.74) is 3.46. The number of carboxylic acids is 1. The molecule has 0 fully saturated rings. The number of fused-ring (bicyclic) bond motifs is 1. The van der Waals surface area contributed by atoms with Crippen molar-refractivity contribution in [2.75, 3.05) is 13.2 Å². The Morgan fingerprint density at radius 2 is 1.79 bits per heavy atom. The second-order valence-corrected chi connectivity index (χ2v) is 7.67. The van der Waals surface area contributed by atoms with E-state index in [0.717, 1.165) is 34.1 Å². The number of carboxylic acid groups (broad SMARTS) is 1. The van der Waals surface area contributed by atoms with Crippen LogP contribution in [-0.2, 0) is 24.4 Å². The molecule has 0 saturated carbocycles. The molecular formula is C25H28N4O5. The van der Waals surface area contributed by atoms with Crippen LogP contribution in [-0.4, -0.2) is 43.5 Å². The van der Waals surface area contributed by atoms with Gasteiger partial charge in [0.15, 0.2) is 5.88 Å². The van der Waals surface area contributed by atoms with Gasteiger partial charge in [-0.3, -0.25) is 13.9 Å². The molecule has 0 unspecified atom stereocenters. The average molecular weight is 465 g/mol. The zero-order chi connectivity index (χ0) is 23.9. The summed E-state index contributed by atoms with van der Waals surface area (Å²) in [6.07, 6.45) is 4.19. The molecule has 3 heterocycles. The van der Waals surface area contributed by atoms with Crippen molar-refractivity contribution >= 4 is 11.6 Å². The van der Waals surface area contributed by atoms with Gasteiger partial charge in [0.1, 0.15) is 18.0 Å². The Kier molecular flexibility index (Phi) is 7.31. The van der Waals surface area contributed by atoms with Gasteiger partial charge in [0.25, 0.3) is 0 Å². The number of carbonyl (C=O) groups is 1. The Morgan fingerprint density at radius 1 is 1.00 bits per heavy atom. The van der Waals surface area contributed by atoms with Crippen molar-refractivity contribution in [3.05, 3.63) is 71.7 Å². The van der Waals surface area contributed by atoms with Crippen LogP contribution in [0.25, 0.3) is 5.65 Å². The molecule has 9 heteroatoms. The first-order valence-corrected chi connectivity index (χ1v) is 11.3. The van der Waals surface area contributed by atoms with Gasteiger partial charge >= 0.3 is 5.97 Å². The minimum atomic E-state index is -0.843. The molecule has 0 spiro atoms. The van der Waals surface area contributed by atoms with Crippen LogP contribution in [0.3, 0.4) is 0 Å². The average Bonchev–Trinajstić information content (AvgIpc) is 3.42. The van der Waals surface area contributed by atoms with E-state index < -0.39 is 5.97 Å². The molecule has 3 aromatic heterocycles. The van der Waals surface area contributed by atoms with Crippen molar-refractivity contribution in [3.8, 4) is 17.5 Å². The summed E-state index contributed by atoms with van der Waals surface area (Å²) >= 11 is 0. The Balaban J connectivity index is 1.38. The molecule has 0 aliphatic carbocycles. The fraction of sp³-hybridized carbons (Fsp3) is 0.320. The summed E-state index contributed by atoms with van der Waals surface area (Å²) in [6, 6.07) is 13.5. The molecule has 34 heavy (non-hydrogen) atoms. The highest BCUT2D eigenvalue weighted by molar-refractivity contribution is 5.67. The molecule has 1 N–H and O–H groups in total. The Morgan fingerprint density at radius 3 is 2.53 bits per heavy atom. The van der Waals surface area contributed by atoms with Gasteiger partial charge in [-0.2, -0.15) is 0 Å². The zero-order valence-electron chi connectivity index (χ0n) is 19.3. The SMILES string of the molecule is CCOc1nn(Cc2ccc(OCc3cn4c(OCC)cccc4n3)cc2)cc1CCC(=O)O. The first-order valence-electron chi connectivity index (χ1n) is 11.3. The topological polar surface area (TPSA) is 100 Å². The Labute approximate surface area is 197 Å². The normalized spacial score (nSPS) is 11.0. The lowest BCUT2D eigenvalue weighted by molar-refractivity contribution is -0.136. The minimum absolute atomic E-state index is 0.0387. The van der Waals surface area contributed by atoms with Crippen LogP contribution in [0, 0.1) is 0 Å². The van der Waals surface area contributed by atoms with Crippen LogP contribution in [0.1, 0.15) is 37.1 Å². The van der Waals surface area contributed by atoms with Crippen LogP contribution < -0.4 is 14.2 Å². The van der Waals surface area contributed by atoms with Gasteiger partial charge in [0.2, 0.25) is 5.88 Å². The largest absolute Gasteiger partial charge is 0.487 e. The monoisotopic (exact) mass is 464 g/mol. The highest BCUT2D eigenvalue weighted by atomic mass is 16.5. The number of benzene rings is 1. The number of hydrogen-bond donors (Lipinski definition) is 1. The van der Waals surface area contributed by atoms with Gasteiger partial charge in [-0.1, -0.05) is 18.2 Å². The van der Waals surface area contributed by atoms with Gasteiger partial charge in [-0.25, -0.2) is 4.98 Å². The van der Waals surface area contributed by atoms with Gasteiger partial charge < -0.3 is 19.3 Å². The maximum Gasteiger partial charge on any atom is 0.303 e. The van der Waals surface area contributed by atoms with Crippen molar-refractivity contribution in [2.24, 2.45) is 0 Å². The number of imidazole rings is 1. The van der Waals surface area contributed by atoms with Crippen molar-refractivity contribution in [1.82, 2.24) is 19.2 Å².